The molecule has 2 amide bonds. The van der Waals surface area contributed by atoms with Crippen LogP contribution in [-0.2, 0) is 4.79 Å². The standard InChI is InChI=1S/C20H22ClN3O3/c21-16-8-2-4-10-18(16)23-19(26)12-22-17-9-3-1-7-15(17)20(27)24-11-5-6-14(25)13-24/h1-4,7-10,14,22,25H,5-6,11-13H2,(H,23,26). The van der Waals surface area contributed by atoms with E-state index in [-0.39, 0.29) is 18.4 Å². The third-order valence-electron chi connectivity index (χ3n) is 4.43. The second-order valence-electron chi connectivity index (χ2n) is 6.47. The number of aliphatic hydroxyl groups excluding tert-OH is 1. The Kier molecular flexibility index (Phi) is 6.32. The maximum atomic E-state index is 12.8. The van der Waals surface area contributed by atoms with Gasteiger partial charge in [-0.25, -0.2) is 0 Å². The second kappa shape index (κ2) is 8.88. The van der Waals surface area contributed by atoms with Crippen molar-refractivity contribution in [1.82, 2.24) is 4.90 Å². The van der Waals surface area contributed by atoms with Gasteiger partial charge in [-0.15, -0.1) is 0 Å². The van der Waals surface area contributed by atoms with E-state index in [1.165, 1.54) is 0 Å². The zero-order valence-electron chi connectivity index (χ0n) is 14.8. The zero-order chi connectivity index (χ0) is 19.2. The largest absolute Gasteiger partial charge is 0.391 e. The number of aliphatic hydroxyl groups is 1. The highest BCUT2D eigenvalue weighted by molar-refractivity contribution is 6.33. The first-order chi connectivity index (χ1) is 13.0. The van der Waals surface area contributed by atoms with E-state index in [0.717, 1.165) is 6.42 Å². The van der Waals surface area contributed by atoms with Gasteiger partial charge in [-0.1, -0.05) is 35.9 Å². The van der Waals surface area contributed by atoms with Gasteiger partial charge in [0, 0.05) is 18.8 Å². The predicted octanol–water partition coefficient (Wildman–Crippen LogP) is 2.99. The van der Waals surface area contributed by atoms with Gasteiger partial charge in [0.05, 0.1) is 28.9 Å². The fourth-order valence-corrected chi connectivity index (χ4v) is 3.25. The number of halogens is 1. The Bertz CT molecular complexity index is 828. The first kappa shape index (κ1) is 19.2. The Balaban J connectivity index is 1.64. The lowest BCUT2D eigenvalue weighted by molar-refractivity contribution is -0.114. The van der Waals surface area contributed by atoms with Crippen LogP contribution in [0.15, 0.2) is 48.5 Å². The molecule has 3 N–H and O–H groups in total. The van der Waals surface area contributed by atoms with E-state index >= 15 is 0 Å². The molecule has 1 saturated heterocycles. The Labute approximate surface area is 163 Å². The Morgan fingerprint density at radius 2 is 1.81 bits per heavy atom. The quantitative estimate of drug-likeness (QED) is 0.736. The number of carbonyl (C=O) groups excluding carboxylic acids is 2. The van der Waals surface area contributed by atoms with Crippen molar-refractivity contribution in [2.24, 2.45) is 0 Å². The highest BCUT2D eigenvalue weighted by Gasteiger charge is 2.24. The smallest absolute Gasteiger partial charge is 0.256 e. The predicted molar refractivity (Wildman–Crippen MR) is 106 cm³/mol. The number of hydrogen-bond acceptors (Lipinski definition) is 4. The van der Waals surface area contributed by atoms with Crippen LogP contribution in [0, 0.1) is 0 Å². The molecule has 1 aliphatic heterocycles. The number of rotatable bonds is 5. The van der Waals surface area contributed by atoms with E-state index in [9.17, 15) is 14.7 Å². The molecule has 0 radical (unpaired) electrons. The fraction of sp³-hybridized carbons (Fsp3) is 0.300. The molecular weight excluding hydrogens is 366 g/mol. The molecule has 27 heavy (non-hydrogen) atoms. The zero-order valence-corrected chi connectivity index (χ0v) is 15.6. The van der Waals surface area contributed by atoms with Crippen molar-refractivity contribution < 1.29 is 14.7 Å². The minimum absolute atomic E-state index is 0.00184. The molecule has 3 rings (SSSR count). The van der Waals surface area contributed by atoms with Crippen molar-refractivity contribution in [2.75, 3.05) is 30.3 Å². The molecule has 1 atom stereocenters. The normalized spacial score (nSPS) is 16.7. The summed E-state index contributed by atoms with van der Waals surface area (Å²) in [7, 11) is 0. The van der Waals surface area contributed by atoms with Gasteiger partial charge in [0.15, 0.2) is 0 Å². The highest BCUT2D eigenvalue weighted by Crippen LogP contribution is 2.22. The van der Waals surface area contributed by atoms with Crippen LogP contribution in [0.1, 0.15) is 23.2 Å². The van der Waals surface area contributed by atoms with Gasteiger partial charge in [0.1, 0.15) is 0 Å². The van der Waals surface area contributed by atoms with Gasteiger partial charge in [0.25, 0.3) is 5.91 Å². The average molecular weight is 388 g/mol. The van der Waals surface area contributed by atoms with Crippen LogP contribution in [-0.4, -0.2) is 47.6 Å². The molecule has 6 nitrogen and oxygen atoms in total. The van der Waals surface area contributed by atoms with Gasteiger partial charge in [-0.2, -0.15) is 0 Å². The summed E-state index contributed by atoms with van der Waals surface area (Å²) in [5, 5.41) is 16.0. The summed E-state index contributed by atoms with van der Waals surface area (Å²) in [5.74, 6) is -0.415. The molecule has 0 aromatic heterocycles. The van der Waals surface area contributed by atoms with E-state index in [1.54, 1.807) is 53.4 Å². The first-order valence-electron chi connectivity index (χ1n) is 8.89. The van der Waals surface area contributed by atoms with E-state index in [1.807, 2.05) is 0 Å². The molecule has 0 saturated carbocycles. The van der Waals surface area contributed by atoms with Crippen molar-refractivity contribution in [3.63, 3.8) is 0 Å². The molecule has 2 aromatic carbocycles. The van der Waals surface area contributed by atoms with Crippen LogP contribution in [0.5, 0.6) is 0 Å². The number of piperidine rings is 1. The number of nitrogens with one attached hydrogen (secondary N) is 2. The van der Waals surface area contributed by atoms with Crippen LogP contribution in [0.4, 0.5) is 11.4 Å². The molecule has 0 spiro atoms. The van der Waals surface area contributed by atoms with E-state index in [4.69, 9.17) is 11.6 Å². The number of carbonyl (C=O) groups is 2. The van der Waals surface area contributed by atoms with Gasteiger partial charge < -0.3 is 20.6 Å². The molecule has 0 aliphatic carbocycles. The average Bonchev–Trinajstić information content (AvgIpc) is 2.68. The topological polar surface area (TPSA) is 81.7 Å². The second-order valence-corrected chi connectivity index (χ2v) is 6.88. The maximum absolute atomic E-state index is 12.8. The number of nitrogens with zero attached hydrogens (tertiary/aromatic N) is 1. The summed E-state index contributed by atoms with van der Waals surface area (Å²) in [6.07, 6.45) is 1.01. The molecule has 1 unspecified atom stereocenters. The summed E-state index contributed by atoms with van der Waals surface area (Å²) in [5.41, 5.74) is 1.60. The van der Waals surface area contributed by atoms with Crippen LogP contribution < -0.4 is 10.6 Å². The van der Waals surface area contributed by atoms with Crippen molar-refractivity contribution in [1.29, 1.82) is 0 Å². The lowest BCUT2D eigenvalue weighted by Crippen LogP contribution is -2.42. The molecular formula is C20H22ClN3O3. The van der Waals surface area contributed by atoms with Gasteiger partial charge >= 0.3 is 0 Å². The van der Waals surface area contributed by atoms with E-state index < -0.39 is 6.10 Å². The van der Waals surface area contributed by atoms with Crippen LogP contribution >= 0.6 is 11.6 Å². The third-order valence-corrected chi connectivity index (χ3v) is 4.76. The molecule has 1 aliphatic rings. The number of anilines is 2. The number of para-hydroxylation sites is 2. The van der Waals surface area contributed by atoms with E-state index in [2.05, 4.69) is 10.6 Å². The highest BCUT2D eigenvalue weighted by atomic mass is 35.5. The van der Waals surface area contributed by atoms with Crippen LogP contribution in [0.25, 0.3) is 0 Å². The fourth-order valence-electron chi connectivity index (χ4n) is 3.07. The molecule has 7 heteroatoms. The Morgan fingerprint density at radius 3 is 2.56 bits per heavy atom. The summed E-state index contributed by atoms with van der Waals surface area (Å²) < 4.78 is 0. The van der Waals surface area contributed by atoms with Crippen molar-refractivity contribution in [2.45, 2.75) is 18.9 Å². The lowest BCUT2D eigenvalue weighted by Gasteiger charge is -2.30. The summed E-state index contributed by atoms with van der Waals surface area (Å²) in [6.45, 7) is 0.954. The number of likely N-dealkylation sites (tertiary alicyclic amines) is 1. The number of benzene rings is 2. The Hall–Kier alpha value is -2.57. The lowest BCUT2D eigenvalue weighted by atomic mass is 10.1. The van der Waals surface area contributed by atoms with Gasteiger partial charge in [0.2, 0.25) is 5.91 Å². The van der Waals surface area contributed by atoms with Crippen LogP contribution in [0.3, 0.4) is 0 Å². The van der Waals surface area contributed by atoms with Gasteiger partial charge in [-0.3, -0.25) is 9.59 Å². The molecule has 2 aromatic rings. The summed E-state index contributed by atoms with van der Waals surface area (Å²) in [4.78, 5) is 26.7. The molecule has 0 bridgehead atoms. The van der Waals surface area contributed by atoms with Crippen molar-refractivity contribution in [3.8, 4) is 0 Å². The minimum atomic E-state index is -0.482. The number of hydrogen-bond donors (Lipinski definition) is 3. The molecule has 1 fully saturated rings. The monoisotopic (exact) mass is 387 g/mol. The number of β-amino-alcohol motifs (C(OH)–C–C–N with tert-alkyl or cyclic N) is 1. The number of amides is 2. The summed E-state index contributed by atoms with van der Waals surface area (Å²) in [6, 6.07) is 14.1. The van der Waals surface area contributed by atoms with Crippen molar-refractivity contribution in [3.05, 3.63) is 59.1 Å². The maximum Gasteiger partial charge on any atom is 0.256 e. The van der Waals surface area contributed by atoms with Crippen molar-refractivity contribution >= 4 is 34.8 Å². The molecule has 1 heterocycles. The Morgan fingerprint density at radius 1 is 1.11 bits per heavy atom. The van der Waals surface area contributed by atoms with Crippen LogP contribution in [0.2, 0.25) is 5.02 Å². The molecule has 142 valence electrons. The summed E-state index contributed by atoms with van der Waals surface area (Å²) >= 11 is 6.04. The van der Waals surface area contributed by atoms with Gasteiger partial charge in [-0.05, 0) is 37.1 Å². The SMILES string of the molecule is O=C(CNc1ccccc1C(=O)N1CCCC(O)C1)Nc1ccccc1Cl. The van der Waals surface area contributed by atoms with E-state index in [0.29, 0.717) is 41.5 Å². The third kappa shape index (κ3) is 4.99. The minimum Gasteiger partial charge on any atom is -0.391 e. The first-order valence-corrected chi connectivity index (χ1v) is 9.27.